The Balaban J connectivity index is 1.85. The molecule has 1 saturated heterocycles. The van der Waals surface area contributed by atoms with Gasteiger partial charge in [-0.05, 0) is 25.5 Å². The molecule has 0 aliphatic carbocycles. The van der Waals surface area contributed by atoms with Crippen molar-refractivity contribution in [2.45, 2.75) is 32.9 Å². The standard InChI is InChI=1S/C14H25N5/c1-3-12(2)19-8-6-18(7-9-19)11-14-10-13(17-15)4-5-16-14/h4-5,10,12H,3,6-9,11,15H2,1-2H3,(H,16,17). The quantitative estimate of drug-likeness (QED) is 0.619. The molecular formula is C14H25N5. The highest BCUT2D eigenvalue weighted by Crippen LogP contribution is 2.12. The van der Waals surface area contributed by atoms with Crippen LogP contribution in [0.3, 0.4) is 0 Å². The van der Waals surface area contributed by atoms with E-state index >= 15 is 0 Å². The van der Waals surface area contributed by atoms with E-state index in [9.17, 15) is 0 Å². The van der Waals surface area contributed by atoms with Crippen LogP contribution in [0, 0.1) is 0 Å². The summed E-state index contributed by atoms with van der Waals surface area (Å²) >= 11 is 0. The monoisotopic (exact) mass is 263 g/mol. The van der Waals surface area contributed by atoms with Crippen LogP contribution in [-0.4, -0.2) is 47.0 Å². The zero-order valence-corrected chi connectivity index (χ0v) is 12.0. The number of hydrogen-bond acceptors (Lipinski definition) is 5. The van der Waals surface area contributed by atoms with E-state index < -0.39 is 0 Å². The average Bonchev–Trinajstić information content (AvgIpc) is 2.47. The van der Waals surface area contributed by atoms with Crippen molar-refractivity contribution in [2.75, 3.05) is 31.6 Å². The first kappa shape index (κ1) is 14.2. The maximum Gasteiger partial charge on any atom is 0.0564 e. The summed E-state index contributed by atoms with van der Waals surface area (Å²) in [6, 6.07) is 4.59. The van der Waals surface area contributed by atoms with E-state index in [0.29, 0.717) is 6.04 Å². The SMILES string of the molecule is CCC(C)N1CCN(Cc2cc(NN)ccn2)CC1. The van der Waals surface area contributed by atoms with Crippen LogP contribution in [0.5, 0.6) is 0 Å². The number of aromatic nitrogens is 1. The number of nitrogens with zero attached hydrogens (tertiary/aromatic N) is 3. The van der Waals surface area contributed by atoms with Crippen molar-refractivity contribution in [3.8, 4) is 0 Å². The molecule has 0 spiro atoms. The summed E-state index contributed by atoms with van der Waals surface area (Å²) in [6.07, 6.45) is 3.03. The first-order valence-electron chi connectivity index (χ1n) is 7.11. The summed E-state index contributed by atoms with van der Waals surface area (Å²) in [5, 5.41) is 0. The van der Waals surface area contributed by atoms with Crippen molar-refractivity contribution in [3.63, 3.8) is 0 Å². The summed E-state index contributed by atoms with van der Waals surface area (Å²) in [6.45, 7) is 10.0. The lowest BCUT2D eigenvalue weighted by Gasteiger charge is -2.37. The molecule has 0 saturated carbocycles. The predicted octanol–water partition coefficient (Wildman–Crippen LogP) is 1.28. The molecule has 0 aromatic carbocycles. The normalized spacial score (nSPS) is 19.3. The summed E-state index contributed by atoms with van der Waals surface area (Å²) < 4.78 is 0. The van der Waals surface area contributed by atoms with Crippen LogP contribution in [0.4, 0.5) is 5.69 Å². The van der Waals surface area contributed by atoms with Crippen molar-refractivity contribution >= 4 is 5.69 Å². The number of hydrogen-bond donors (Lipinski definition) is 2. The number of pyridine rings is 1. The Hall–Kier alpha value is -1.17. The smallest absolute Gasteiger partial charge is 0.0564 e. The van der Waals surface area contributed by atoms with Gasteiger partial charge in [-0.25, -0.2) is 0 Å². The second kappa shape index (κ2) is 6.84. The van der Waals surface area contributed by atoms with E-state index in [0.717, 1.165) is 44.1 Å². The van der Waals surface area contributed by atoms with E-state index in [1.165, 1.54) is 6.42 Å². The molecule has 1 fully saturated rings. The van der Waals surface area contributed by atoms with E-state index in [4.69, 9.17) is 5.84 Å². The van der Waals surface area contributed by atoms with Gasteiger partial charge in [0.25, 0.3) is 0 Å². The lowest BCUT2D eigenvalue weighted by molar-refractivity contribution is 0.0956. The molecule has 1 aromatic heterocycles. The van der Waals surface area contributed by atoms with Gasteiger partial charge in [0.05, 0.1) is 11.4 Å². The maximum absolute atomic E-state index is 5.42. The highest BCUT2D eigenvalue weighted by atomic mass is 15.3. The molecular weight excluding hydrogens is 238 g/mol. The fourth-order valence-corrected chi connectivity index (χ4v) is 2.50. The first-order chi connectivity index (χ1) is 9.22. The molecule has 5 heteroatoms. The van der Waals surface area contributed by atoms with Crippen LogP contribution in [0.15, 0.2) is 18.3 Å². The first-order valence-corrected chi connectivity index (χ1v) is 7.11. The highest BCUT2D eigenvalue weighted by molar-refractivity contribution is 5.41. The van der Waals surface area contributed by atoms with E-state index in [1.54, 1.807) is 6.20 Å². The Labute approximate surface area is 115 Å². The van der Waals surface area contributed by atoms with E-state index in [1.807, 2.05) is 12.1 Å². The van der Waals surface area contributed by atoms with Crippen LogP contribution in [0.1, 0.15) is 26.0 Å². The average molecular weight is 263 g/mol. The maximum atomic E-state index is 5.42. The molecule has 2 rings (SSSR count). The van der Waals surface area contributed by atoms with Crippen molar-refractivity contribution in [3.05, 3.63) is 24.0 Å². The van der Waals surface area contributed by atoms with Gasteiger partial charge in [-0.1, -0.05) is 6.92 Å². The zero-order chi connectivity index (χ0) is 13.7. The molecule has 2 heterocycles. The summed E-state index contributed by atoms with van der Waals surface area (Å²) in [5.41, 5.74) is 4.66. The van der Waals surface area contributed by atoms with Crippen LogP contribution < -0.4 is 11.3 Å². The molecule has 0 bridgehead atoms. The Bertz CT molecular complexity index is 387. The minimum atomic E-state index is 0.699. The second-order valence-electron chi connectivity index (χ2n) is 5.25. The van der Waals surface area contributed by atoms with Crippen LogP contribution in [-0.2, 0) is 6.54 Å². The van der Waals surface area contributed by atoms with Gasteiger partial charge in [0, 0.05) is 45.0 Å². The molecule has 1 aliphatic rings. The molecule has 1 aromatic rings. The van der Waals surface area contributed by atoms with E-state index in [-0.39, 0.29) is 0 Å². The molecule has 0 amide bonds. The third kappa shape index (κ3) is 3.89. The largest absolute Gasteiger partial charge is 0.324 e. The number of hydrazine groups is 1. The third-order valence-corrected chi connectivity index (χ3v) is 3.99. The van der Waals surface area contributed by atoms with Crippen molar-refractivity contribution in [1.82, 2.24) is 14.8 Å². The van der Waals surface area contributed by atoms with Gasteiger partial charge in [0.1, 0.15) is 0 Å². The fourth-order valence-electron chi connectivity index (χ4n) is 2.50. The molecule has 5 nitrogen and oxygen atoms in total. The van der Waals surface area contributed by atoms with E-state index in [2.05, 4.69) is 34.1 Å². The Morgan fingerprint density at radius 2 is 2.11 bits per heavy atom. The fraction of sp³-hybridized carbons (Fsp3) is 0.643. The lowest BCUT2D eigenvalue weighted by Crippen LogP contribution is -2.49. The lowest BCUT2D eigenvalue weighted by atomic mass is 10.2. The second-order valence-corrected chi connectivity index (χ2v) is 5.25. The minimum absolute atomic E-state index is 0.699. The number of rotatable bonds is 5. The van der Waals surface area contributed by atoms with Crippen LogP contribution in [0.2, 0.25) is 0 Å². The summed E-state index contributed by atoms with van der Waals surface area (Å²) in [7, 11) is 0. The zero-order valence-electron chi connectivity index (χ0n) is 12.0. The van der Waals surface area contributed by atoms with Crippen molar-refractivity contribution < 1.29 is 0 Å². The van der Waals surface area contributed by atoms with Crippen LogP contribution >= 0.6 is 0 Å². The number of anilines is 1. The Kier molecular flexibility index (Phi) is 5.13. The number of nitrogen functional groups attached to an aromatic ring is 1. The number of nitrogens with one attached hydrogen (secondary N) is 1. The summed E-state index contributed by atoms with van der Waals surface area (Å²) in [5.74, 6) is 5.42. The predicted molar refractivity (Wildman–Crippen MR) is 78.7 cm³/mol. The molecule has 0 radical (unpaired) electrons. The van der Waals surface area contributed by atoms with Gasteiger partial charge in [-0.3, -0.25) is 20.6 Å². The third-order valence-electron chi connectivity index (χ3n) is 3.99. The minimum Gasteiger partial charge on any atom is -0.324 e. The van der Waals surface area contributed by atoms with Crippen LogP contribution in [0.25, 0.3) is 0 Å². The van der Waals surface area contributed by atoms with Gasteiger partial charge in [0.15, 0.2) is 0 Å². The topological polar surface area (TPSA) is 57.4 Å². The molecule has 1 aliphatic heterocycles. The van der Waals surface area contributed by atoms with Crippen molar-refractivity contribution in [1.29, 1.82) is 0 Å². The van der Waals surface area contributed by atoms with Gasteiger partial charge >= 0.3 is 0 Å². The Morgan fingerprint density at radius 3 is 2.74 bits per heavy atom. The molecule has 3 N–H and O–H groups in total. The van der Waals surface area contributed by atoms with Gasteiger partial charge in [-0.15, -0.1) is 0 Å². The molecule has 106 valence electrons. The van der Waals surface area contributed by atoms with Gasteiger partial charge in [0.2, 0.25) is 0 Å². The molecule has 1 atom stereocenters. The highest BCUT2D eigenvalue weighted by Gasteiger charge is 2.20. The molecule has 19 heavy (non-hydrogen) atoms. The number of nitrogens with two attached hydrogens (primary N) is 1. The van der Waals surface area contributed by atoms with Gasteiger partial charge in [-0.2, -0.15) is 0 Å². The van der Waals surface area contributed by atoms with Gasteiger partial charge < -0.3 is 5.43 Å². The van der Waals surface area contributed by atoms with Crippen molar-refractivity contribution in [2.24, 2.45) is 5.84 Å². The molecule has 1 unspecified atom stereocenters. The summed E-state index contributed by atoms with van der Waals surface area (Å²) in [4.78, 5) is 9.43. The number of piperazine rings is 1. The Morgan fingerprint density at radius 1 is 1.37 bits per heavy atom.